The molecule has 6 nitrogen and oxygen atoms in total. The summed E-state index contributed by atoms with van der Waals surface area (Å²) in [4.78, 5) is 30.7. The Bertz CT molecular complexity index is 1200. The zero-order chi connectivity index (χ0) is 26.1. The average molecular weight is 523 g/mol. The maximum atomic E-state index is 15.1. The van der Waals surface area contributed by atoms with Gasteiger partial charge in [-0.2, -0.15) is 5.26 Å². The summed E-state index contributed by atoms with van der Waals surface area (Å²) in [6.07, 6.45) is 3.62. The molecule has 0 unspecified atom stereocenters. The van der Waals surface area contributed by atoms with Gasteiger partial charge in [0.05, 0.1) is 22.9 Å². The number of nitrogens with zero attached hydrogens (tertiary/aromatic N) is 3. The lowest BCUT2D eigenvalue weighted by Gasteiger charge is -2.36. The van der Waals surface area contributed by atoms with Gasteiger partial charge in [-0.25, -0.2) is 4.39 Å². The van der Waals surface area contributed by atoms with Gasteiger partial charge >= 0.3 is 0 Å². The summed E-state index contributed by atoms with van der Waals surface area (Å²) in [6.45, 7) is 7.53. The summed E-state index contributed by atoms with van der Waals surface area (Å²) < 4.78 is 15.1. The van der Waals surface area contributed by atoms with Gasteiger partial charge < -0.3 is 10.2 Å². The molecule has 2 bridgehead atoms. The van der Waals surface area contributed by atoms with Gasteiger partial charge in [0.15, 0.2) is 5.78 Å². The Morgan fingerprint density at radius 1 is 1.16 bits per heavy atom. The number of amides is 1. The number of piperazine rings is 1. The highest BCUT2D eigenvalue weighted by Gasteiger charge is 2.42. The second kappa shape index (κ2) is 11.0. The summed E-state index contributed by atoms with van der Waals surface area (Å²) in [5, 5.41) is 14.9. The molecular formula is C29H35FN4O2S. The number of ketones is 1. The third kappa shape index (κ3) is 5.64. The molecule has 1 saturated carbocycles. The first-order chi connectivity index (χ1) is 17.8. The second-order valence-corrected chi connectivity index (χ2v) is 12.0. The number of halogens is 1. The summed E-state index contributed by atoms with van der Waals surface area (Å²) in [7, 11) is 0. The van der Waals surface area contributed by atoms with E-state index >= 15 is 4.39 Å². The van der Waals surface area contributed by atoms with E-state index in [4.69, 9.17) is 0 Å². The van der Waals surface area contributed by atoms with Crippen molar-refractivity contribution in [2.75, 3.05) is 26.2 Å². The van der Waals surface area contributed by atoms with Crippen LogP contribution in [0.25, 0.3) is 11.1 Å². The summed E-state index contributed by atoms with van der Waals surface area (Å²) in [6, 6.07) is 9.85. The van der Waals surface area contributed by atoms with Crippen LogP contribution < -0.4 is 5.32 Å². The van der Waals surface area contributed by atoms with Crippen molar-refractivity contribution in [3.63, 3.8) is 0 Å². The van der Waals surface area contributed by atoms with E-state index in [1.54, 1.807) is 6.07 Å². The highest BCUT2D eigenvalue weighted by Crippen LogP contribution is 2.36. The Morgan fingerprint density at radius 3 is 2.57 bits per heavy atom. The van der Waals surface area contributed by atoms with Gasteiger partial charge in [0.25, 0.3) is 5.91 Å². The maximum Gasteiger partial charge on any atom is 0.264 e. The molecule has 1 aliphatic carbocycles. The summed E-state index contributed by atoms with van der Waals surface area (Å²) >= 11 is 1.39. The fraction of sp³-hybridized carbons (Fsp3) is 0.552. The number of fused-ring (bicyclic) bond motifs is 2. The molecule has 1 N–H and O–H groups in total. The number of nitrogens with one attached hydrogen (secondary N) is 1. The predicted octanol–water partition coefficient (Wildman–Crippen LogP) is 4.50. The van der Waals surface area contributed by atoms with Crippen molar-refractivity contribution in [1.29, 1.82) is 5.26 Å². The molecule has 5 rings (SSSR count). The van der Waals surface area contributed by atoms with E-state index in [-0.39, 0.29) is 36.4 Å². The SMILES string of the molecule is CC(C)N1CCN(C(=O)c2cc(-c3ccc(C[C@@H](C#N)CC(=O)[C@H]4N[C@@H]5CC[C@H]4C5)c(F)c3)cs2)CC1. The third-order valence-electron chi connectivity index (χ3n) is 8.33. The minimum absolute atomic E-state index is 0.0308. The van der Waals surface area contributed by atoms with E-state index in [1.165, 1.54) is 17.4 Å². The number of rotatable bonds is 8. The Morgan fingerprint density at radius 2 is 1.95 bits per heavy atom. The van der Waals surface area contributed by atoms with Crippen LogP contribution in [0, 0.1) is 29.0 Å². The smallest absolute Gasteiger partial charge is 0.264 e. The van der Waals surface area contributed by atoms with E-state index in [2.05, 4.69) is 30.1 Å². The predicted molar refractivity (Wildman–Crippen MR) is 143 cm³/mol. The first kappa shape index (κ1) is 26.0. The van der Waals surface area contributed by atoms with Crippen LogP contribution in [0.2, 0.25) is 0 Å². The number of piperidine rings is 1. The van der Waals surface area contributed by atoms with Crippen LogP contribution in [0.3, 0.4) is 0 Å². The Balaban J connectivity index is 1.20. The Labute approximate surface area is 222 Å². The van der Waals surface area contributed by atoms with Crippen LogP contribution >= 0.6 is 11.3 Å². The molecule has 196 valence electrons. The zero-order valence-electron chi connectivity index (χ0n) is 21.6. The van der Waals surface area contributed by atoms with Crippen LogP contribution in [-0.2, 0) is 11.2 Å². The van der Waals surface area contributed by atoms with Crippen LogP contribution in [0.15, 0.2) is 29.6 Å². The minimum atomic E-state index is -0.546. The van der Waals surface area contributed by atoms with Crippen molar-refractivity contribution < 1.29 is 14.0 Å². The van der Waals surface area contributed by atoms with Crippen LogP contribution in [0.4, 0.5) is 4.39 Å². The lowest BCUT2D eigenvalue weighted by molar-refractivity contribution is -0.122. The molecule has 2 aromatic rings. The molecule has 1 aromatic carbocycles. The molecule has 0 radical (unpaired) electrons. The molecule has 3 aliphatic rings. The number of benzene rings is 1. The summed E-state index contributed by atoms with van der Waals surface area (Å²) in [5.41, 5.74) is 1.96. The lowest BCUT2D eigenvalue weighted by atomic mass is 9.88. The molecule has 0 spiro atoms. The second-order valence-electron chi connectivity index (χ2n) is 11.0. The Hall–Kier alpha value is -2.60. The van der Waals surface area contributed by atoms with Crippen molar-refractivity contribution in [2.45, 2.75) is 64.1 Å². The van der Waals surface area contributed by atoms with E-state index in [1.807, 2.05) is 22.4 Å². The van der Waals surface area contributed by atoms with Gasteiger partial charge in [-0.1, -0.05) is 12.1 Å². The van der Waals surface area contributed by atoms with Crippen molar-refractivity contribution in [2.24, 2.45) is 11.8 Å². The van der Waals surface area contributed by atoms with E-state index < -0.39 is 5.92 Å². The van der Waals surface area contributed by atoms with Gasteiger partial charge in [-0.3, -0.25) is 14.5 Å². The number of thiophene rings is 1. The van der Waals surface area contributed by atoms with Crippen LogP contribution in [0.5, 0.6) is 0 Å². The number of carbonyl (C=O) groups excluding carboxylic acids is 2. The fourth-order valence-corrected chi connectivity index (χ4v) is 6.99. The highest BCUT2D eigenvalue weighted by atomic mass is 32.1. The number of hydrogen-bond acceptors (Lipinski definition) is 6. The third-order valence-corrected chi connectivity index (χ3v) is 9.25. The van der Waals surface area contributed by atoms with Gasteiger partial charge in [0.2, 0.25) is 0 Å². The number of nitriles is 1. The molecule has 1 aromatic heterocycles. The normalized spacial score (nSPS) is 24.4. The molecule has 2 aliphatic heterocycles. The molecule has 4 atom stereocenters. The van der Waals surface area contributed by atoms with Crippen molar-refractivity contribution >= 4 is 23.0 Å². The molecular weight excluding hydrogens is 487 g/mol. The van der Waals surface area contributed by atoms with E-state index in [0.717, 1.165) is 37.9 Å². The van der Waals surface area contributed by atoms with Crippen molar-refractivity contribution in [3.05, 3.63) is 45.9 Å². The minimum Gasteiger partial charge on any atom is -0.335 e. The van der Waals surface area contributed by atoms with E-state index in [9.17, 15) is 14.9 Å². The first-order valence-electron chi connectivity index (χ1n) is 13.4. The topological polar surface area (TPSA) is 76.4 Å². The number of hydrogen-bond donors (Lipinski definition) is 1. The molecule has 3 fully saturated rings. The molecule has 1 amide bonds. The van der Waals surface area contributed by atoms with Gasteiger partial charge in [-0.05, 0) is 79.7 Å². The van der Waals surface area contributed by atoms with Crippen LogP contribution in [0.1, 0.15) is 54.8 Å². The van der Waals surface area contributed by atoms with Crippen molar-refractivity contribution in [3.8, 4) is 17.2 Å². The monoisotopic (exact) mass is 522 g/mol. The summed E-state index contributed by atoms with van der Waals surface area (Å²) in [5.74, 6) is -0.428. The largest absolute Gasteiger partial charge is 0.335 e. The number of Topliss-reactive ketones (excluding diaryl/α,β-unsaturated/α-hetero) is 1. The molecule has 8 heteroatoms. The van der Waals surface area contributed by atoms with Crippen LogP contribution in [-0.4, -0.2) is 65.8 Å². The molecule has 3 heterocycles. The van der Waals surface area contributed by atoms with Gasteiger partial charge in [-0.15, -0.1) is 11.3 Å². The highest BCUT2D eigenvalue weighted by molar-refractivity contribution is 7.12. The first-order valence-corrected chi connectivity index (χ1v) is 14.3. The average Bonchev–Trinajstić information content (AvgIpc) is 3.66. The lowest BCUT2D eigenvalue weighted by Crippen LogP contribution is -2.50. The quantitative estimate of drug-likeness (QED) is 0.552. The zero-order valence-corrected chi connectivity index (χ0v) is 22.4. The van der Waals surface area contributed by atoms with Gasteiger partial charge in [0.1, 0.15) is 5.82 Å². The fourth-order valence-electron chi connectivity index (χ4n) is 6.10. The van der Waals surface area contributed by atoms with E-state index in [0.29, 0.717) is 47.1 Å². The maximum absolute atomic E-state index is 15.1. The standard InChI is InChI=1S/C29H35FN4O2S/c1-18(2)33-7-9-34(10-8-33)29(36)27-15-23(17-37-27)20-3-4-21(25(30)14-20)11-19(16-31)12-26(35)28-22-5-6-24(13-22)32-28/h3-4,14-15,17-19,22,24,28,32H,5-13H2,1-2H3/t19-,22+,24-,28+/m1/s1. The molecule has 2 saturated heterocycles. The van der Waals surface area contributed by atoms with Crippen molar-refractivity contribution in [1.82, 2.24) is 15.1 Å². The Kier molecular flexibility index (Phi) is 7.75. The van der Waals surface area contributed by atoms with Gasteiger partial charge in [0, 0.05) is 44.7 Å². The number of carbonyl (C=O) groups is 2. The molecule has 37 heavy (non-hydrogen) atoms.